The van der Waals surface area contributed by atoms with Crippen molar-refractivity contribution >= 4 is 5.96 Å². The largest absolute Gasteiger partial charge is 0.369 e. The molecule has 10 heavy (non-hydrogen) atoms. The average Bonchev–Trinajstić information content (AvgIpc) is 1.87. The molecule has 60 valence electrons. The van der Waals surface area contributed by atoms with Gasteiger partial charge in [-0.05, 0) is 6.42 Å². The fourth-order valence-corrected chi connectivity index (χ4v) is 0.359. The highest BCUT2D eigenvalue weighted by Gasteiger charge is 1.85. The van der Waals surface area contributed by atoms with E-state index in [1.807, 2.05) is 0 Å². The Bertz CT molecular complexity index is 95.6. The first-order chi connectivity index (χ1) is 4.77. The first kappa shape index (κ1) is 9.19. The van der Waals surface area contributed by atoms with Gasteiger partial charge in [0.25, 0.3) is 0 Å². The maximum absolute atomic E-state index is 6.70. The van der Waals surface area contributed by atoms with Gasteiger partial charge in [0.2, 0.25) is 5.96 Å². The minimum atomic E-state index is -0.156. The van der Waals surface area contributed by atoms with E-state index >= 15 is 0 Å². The third-order valence-corrected chi connectivity index (χ3v) is 0.858. The molecular formula is C5H14N4O. The van der Waals surface area contributed by atoms with E-state index in [2.05, 4.69) is 17.9 Å². The van der Waals surface area contributed by atoms with Crippen molar-refractivity contribution in [2.75, 3.05) is 6.61 Å². The summed E-state index contributed by atoms with van der Waals surface area (Å²) in [6, 6.07) is 0. The van der Waals surface area contributed by atoms with E-state index in [0.717, 1.165) is 12.8 Å². The maximum atomic E-state index is 6.70. The van der Waals surface area contributed by atoms with Crippen molar-refractivity contribution in [2.24, 2.45) is 5.73 Å². The second-order valence-electron chi connectivity index (χ2n) is 1.84. The number of guanidine groups is 1. The summed E-state index contributed by atoms with van der Waals surface area (Å²) in [7, 11) is 0. The van der Waals surface area contributed by atoms with E-state index in [1.54, 1.807) is 0 Å². The fourth-order valence-electron chi connectivity index (χ4n) is 0.359. The lowest BCUT2D eigenvalue weighted by Crippen LogP contribution is -2.41. The lowest BCUT2D eigenvalue weighted by molar-refractivity contribution is 0.0232. The van der Waals surface area contributed by atoms with Crippen LogP contribution in [-0.2, 0) is 4.84 Å². The molecule has 0 aromatic heterocycles. The standard InChI is InChI=1S/C5H14N4O/c1-2-3-4-10-9-8-5(6)7/h9H,2-4H2,1H3,(H4,6,7,8). The summed E-state index contributed by atoms with van der Waals surface area (Å²) in [6.07, 6.45) is 2.08. The van der Waals surface area contributed by atoms with E-state index in [-0.39, 0.29) is 5.96 Å². The molecule has 0 radical (unpaired) electrons. The minimum absolute atomic E-state index is 0.156. The van der Waals surface area contributed by atoms with Crippen LogP contribution in [0, 0.1) is 5.41 Å². The van der Waals surface area contributed by atoms with Gasteiger partial charge in [-0.15, -0.1) is 5.59 Å². The third kappa shape index (κ3) is 7.19. The predicted molar refractivity (Wildman–Crippen MR) is 39.0 cm³/mol. The molecular weight excluding hydrogens is 132 g/mol. The zero-order valence-electron chi connectivity index (χ0n) is 6.11. The Balaban J connectivity index is 2.84. The molecule has 0 aliphatic heterocycles. The van der Waals surface area contributed by atoms with E-state index in [9.17, 15) is 0 Å². The average molecular weight is 146 g/mol. The van der Waals surface area contributed by atoms with Crippen molar-refractivity contribution in [1.82, 2.24) is 11.0 Å². The summed E-state index contributed by atoms with van der Waals surface area (Å²) < 4.78 is 0. The van der Waals surface area contributed by atoms with E-state index in [1.165, 1.54) is 0 Å². The fraction of sp³-hybridized carbons (Fsp3) is 0.800. The number of hydrogen-bond donors (Lipinski definition) is 4. The zero-order chi connectivity index (χ0) is 7.82. The van der Waals surface area contributed by atoms with Gasteiger partial charge in [-0.3, -0.25) is 15.7 Å². The van der Waals surface area contributed by atoms with Gasteiger partial charge >= 0.3 is 0 Å². The summed E-state index contributed by atoms with van der Waals surface area (Å²) in [6.45, 7) is 2.69. The highest BCUT2D eigenvalue weighted by atomic mass is 16.7. The van der Waals surface area contributed by atoms with Crippen LogP contribution in [-0.4, -0.2) is 12.6 Å². The first-order valence-electron chi connectivity index (χ1n) is 3.24. The van der Waals surface area contributed by atoms with Crippen LogP contribution in [0.4, 0.5) is 0 Å². The summed E-state index contributed by atoms with van der Waals surface area (Å²) in [4.78, 5) is 4.80. The normalized spacial score (nSPS) is 9.30. The second kappa shape index (κ2) is 6.31. The highest BCUT2D eigenvalue weighted by molar-refractivity contribution is 5.73. The maximum Gasteiger partial charge on any atom is 0.202 e. The molecule has 0 bridgehead atoms. The van der Waals surface area contributed by atoms with Crippen LogP contribution in [0.25, 0.3) is 0 Å². The Kier molecular flexibility index (Phi) is 5.80. The molecule has 0 unspecified atom stereocenters. The van der Waals surface area contributed by atoms with Crippen LogP contribution in [0.5, 0.6) is 0 Å². The van der Waals surface area contributed by atoms with Crippen LogP contribution in [0.2, 0.25) is 0 Å². The van der Waals surface area contributed by atoms with E-state index < -0.39 is 0 Å². The van der Waals surface area contributed by atoms with Crippen molar-refractivity contribution in [1.29, 1.82) is 5.41 Å². The summed E-state index contributed by atoms with van der Waals surface area (Å²) in [5, 5.41) is 6.70. The van der Waals surface area contributed by atoms with Crippen molar-refractivity contribution in [3.63, 3.8) is 0 Å². The number of unbranched alkanes of at least 4 members (excludes halogenated alkanes) is 1. The van der Waals surface area contributed by atoms with Gasteiger partial charge in [0.05, 0.1) is 6.61 Å². The first-order valence-corrected chi connectivity index (χ1v) is 3.24. The van der Waals surface area contributed by atoms with Gasteiger partial charge < -0.3 is 5.73 Å². The van der Waals surface area contributed by atoms with E-state index in [0.29, 0.717) is 6.61 Å². The molecule has 0 aliphatic rings. The van der Waals surface area contributed by atoms with Gasteiger partial charge in [0.1, 0.15) is 0 Å². The van der Waals surface area contributed by atoms with Gasteiger partial charge in [0, 0.05) is 0 Å². The number of hydrogen-bond acceptors (Lipinski definition) is 3. The minimum Gasteiger partial charge on any atom is -0.369 e. The number of nitrogens with one attached hydrogen (secondary N) is 3. The molecule has 0 aliphatic carbocycles. The lowest BCUT2D eigenvalue weighted by atomic mass is 10.4. The molecule has 0 aromatic carbocycles. The Hall–Kier alpha value is -0.810. The molecule has 0 amide bonds. The predicted octanol–water partition coefficient (Wildman–Crippen LogP) is -0.294. The molecule has 0 heterocycles. The molecule has 0 aromatic rings. The van der Waals surface area contributed by atoms with Crippen LogP contribution >= 0.6 is 0 Å². The quantitative estimate of drug-likeness (QED) is 0.186. The van der Waals surface area contributed by atoms with Crippen LogP contribution in [0.15, 0.2) is 0 Å². The van der Waals surface area contributed by atoms with Gasteiger partial charge in [-0.1, -0.05) is 13.3 Å². The zero-order valence-corrected chi connectivity index (χ0v) is 6.11. The van der Waals surface area contributed by atoms with Crippen LogP contribution < -0.4 is 16.7 Å². The summed E-state index contributed by atoms with van der Waals surface area (Å²) >= 11 is 0. The third-order valence-electron chi connectivity index (χ3n) is 0.858. The Labute approximate surface area is 60.4 Å². The van der Waals surface area contributed by atoms with Crippen LogP contribution in [0.3, 0.4) is 0 Å². The highest BCUT2D eigenvalue weighted by Crippen LogP contribution is 1.83. The molecule has 0 spiro atoms. The molecule has 5 heteroatoms. The topological polar surface area (TPSA) is 83.2 Å². The van der Waals surface area contributed by atoms with Gasteiger partial charge in [-0.25, -0.2) is 0 Å². The molecule has 5 nitrogen and oxygen atoms in total. The van der Waals surface area contributed by atoms with Crippen LogP contribution in [0.1, 0.15) is 19.8 Å². The number of nitrogens with two attached hydrogens (primary N) is 1. The van der Waals surface area contributed by atoms with Gasteiger partial charge in [0.15, 0.2) is 0 Å². The van der Waals surface area contributed by atoms with E-state index in [4.69, 9.17) is 16.0 Å². The summed E-state index contributed by atoms with van der Waals surface area (Å²) in [5.41, 5.74) is 9.55. The SMILES string of the molecule is CCCCONNC(=N)N. The Morgan fingerprint density at radius 3 is 2.90 bits per heavy atom. The second-order valence-corrected chi connectivity index (χ2v) is 1.84. The van der Waals surface area contributed by atoms with Crippen molar-refractivity contribution in [2.45, 2.75) is 19.8 Å². The Morgan fingerprint density at radius 2 is 2.40 bits per heavy atom. The number of rotatable bonds is 5. The Morgan fingerprint density at radius 1 is 1.70 bits per heavy atom. The smallest absolute Gasteiger partial charge is 0.202 e. The summed E-state index contributed by atoms with van der Waals surface area (Å²) in [5.74, 6) is -0.156. The molecule has 0 saturated carbocycles. The van der Waals surface area contributed by atoms with Crippen molar-refractivity contribution in [3.8, 4) is 0 Å². The van der Waals surface area contributed by atoms with Crippen molar-refractivity contribution in [3.05, 3.63) is 0 Å². The van der Waals surface area contributed by atoms with Gasteiger partial charge in [-0.2, -0.15) is 0 Å². The molecule has 0 saturated heterocycles. The monoisotopic (exact) mass is 146 g/mol. The molecule has 0 atom stereocenters. The molecule has 0 rings (SSSR count). The number of hydrazine groups is 1. The van der Waals surface area contributed by atoms with Crippen molar-refractivity contribution < 1.29 is 4.84 Å². The molecule has 0 fully saturated rings. The lowest BCUT2D eigenvalue weighted by Gasteiger charge is -2.04. The molecule has 5 N–H and O–H groups in total.